The van der Waals surface area contributed by atoms with Crippen molar-refractivity contribution in [3.63, 3.8) is 0 Å². The first-order valence-electron chi connectivity index (χ1n) is 6.85. The molecule has 0 aliphatic heterocycles. The number of nitrogens with zero attached hydrogens (tertiary/aromatic N) is 3. The van der Waals surface area contributed by atoms with Gasteiger partial charge in [-0.05, 0) is 36.1 Å². The molecule has 3 aromatic rings. The third-order valence-corrected chi connectivity index (χ3v) is 3.69. The molecule has 0 saturated heterocycles. The number of aromatic nitrogens is 3. The molecule has 1 N–H and O–H groups in total. The van der Waals surface area contributed by atoms with E-state index in [2.05, 4.69) is 24.0 Å². The summed E-state index contributed by atoms with van der Waals surface area (Å²) in [6.07, 6.45) is 0.978. The van der Waals surface area contributed by atoms with Gasteiger partial charge in [-0.15, -0.1) is 15.0 Å². The van der Waals surface area contributed by atoms with Crippen LogP contribution >= 0.6 is 0 Å². The molecule has 104 valence electrons. The Labute approximate surface area is 146 Å². The van der Waals surface area contributed by atoms with Crippen molar-refractivity contribution in [3.05, 3.63) is 48.0 Å². The molecule has 0 aliphatic rings. The fourth-order valence-electron chi connectivity index (χ4n) is 2.30. The van der Waals surface area contributed by atoms with E-state index in [4.69, 9.17) is 0 Å². The van der Waals surface area contributed by atoms with Crippen LogP contribution in [0.15, 0.2) is 42.5 Å². The van der Waals surface area contributed by atoms with Gasteiger partial charge < -0.3 is 5.11 Å². The molecule has 5 heteroatoms. The van der Waals surface area contributed by atoms with E-state index < -0.39 is 0 Å². The van der Waals surface area contributed by atoms with E-state index in [1.54, 1.807) is 0 Å². The summed E-state index contributed by atoms with van der Waals surface area (Å²) in [7, 11) is 0. The Balaban J connectivity index is 0.00000161. The summed E-state index contributed by atoms with van der Waals surface area (Å²) in [4.78, 5) is 1.51. The normalized spacial score (nSPS) is 12.1. The van der Waals surface area contributed by atoms with Gasteiger partial charge in [-0.2, -0.15) is 0 Å². The molecular weight excluding hydrogens is 273 g/mol. The van der Waals surface area contributed by atoms with Gasteiger partial charge in [0, 0.05) is 0 Å². The van der Waals surface area contributed by atoms with E-state index in [0.717, 1.165) is 23.0 Å². The minimum absolute atomic E-state index is 0. The molecule has 1 atom stereocenters. The molecule has 2 aromatic carbocycles. The van der Waals surface area contributed by atoms with E-state index in [0.29, 0.717) is 11.6 Å². The summed E-state index contributed by atoms with van der Waals surface area (Å²) in [6, 6.07) is 13.4. The summed E-state index contributed by atoms with van der Waals surface area (Å²) in [5.41, 5.74) is 3.20. The minimum atomic E-state index is 0. The van der Waals surface area contributed by atoms with Crippen LogP contribution in [-0.2, 0) is 0 Å². The second kappa shape index (κ2) is 6.60. The molecule has 1 aromatic heterocycles. The summed E-state index contributed by atoms with van der Waals surface area (Å²) >= 11 is 0. The molecule has 0 amide bonds. The number of para-hydroxylation sites is 1. The molecule has 21 heavy (non-hydrogen) atoms. The maximum atomic E-state index is 10.5. The van der Waals surface area contributed by atoms with Gasteiger partial charge in [-0.25, -0.2) is 0 Å². The summed E-state index contributed by atoms with van der Waals surface area (Å²) < 4.78 is 0. The van der Waals surface area contributed by atoms with Crippen molar-refractivity contribution in [2.24, 2.45) is 0 Å². The fraction of sp³-hybridized carbons (Fsp3) is 0.250. The molecular formula is C16H18N3NaO. The van der Waals surface area contributed by atoms with Gasteiger partial charge in [0.2, 0.25) is 0 Å². The van der Waals surface area contributed by atoms with Gasteiger partial charge >= 0.3 is 29.6 Å². The second-order valence-corrected chi connectivity index (χ2v) is 5.00. The van der Waals surface area contributed by atoms with Gasteiger partial charge in [0.1, 0.15) is 22.5 Å². The van der Waals surface area contributed by atoms with Crippen molar-refractivity contribution in [2.75, 3.05) is 0 Å². The van der Waals surface area contributed by atoms with Gasteiger partial charge in [-0.3, -0.25) is 0 Å². The van der Waals surface area contributed by atoms with Crippen LogP contribution in [-0.4, -0.2) is 49.7 Å². The monoisotopic (exact) mass is 291 g/mol. The molecule has 0 aliphatic carbocycles. The van der Waals surface area contributed by atoms with Crippen LogP contribution in [0.3, 0.4) is 0 Å². The van der Waals surface area contributed by atoms with Crippen molar-refractivity contribution < 1.29 is 5.11 Å². The molecule has 1 unspecified atom stereocenters. The first kappa shape index (κ1) is 16.0. The predicted octanol–water partition coefficient (Wildman–Crippen LogP) is 2.99. The van der Waals surface area contributed by atoms with Crippen LogP contribution in [0.5, 0.6) is 5.75 Å². The third-order valence-electron chi connectivity index (χ3n) is 3.69. The summed E-state index contributed by atoms with van der Waals surface area (Å²) in [5, 5.41) is 19.3. The molecule has 0 fully saturated rings. The Hall–Kier alpha value is -1.36. The number of hydrogen-bond acceptors (Lipinski definition) is 3. The van der Waals surface area contributed by atoms with E-state index in [9.17, 15) is 5.11 Å². The molecule has 3 rings (SSSR count). The zero-order valence-corrected chi connectivity index (χ0v) is 11.6. The van der Waals surface area contributed by atoms with E-state index in [-0.39, 0.29) is 35.3 Å². The topological polar surface area (TPSA) is 50.9 Å². The van der Waals surface area contributed by atoms with Crippen molar-refractivity contribution in [2.45, 2.75) is 26.2 Å². The zero-order valence-electron chi connectivity index (χ0n) is 11.6. The average molecular weight is 291 g/mol. The van der Waals surface area contributed by atoms with Gasteiger partial charge in [-0.1, -0.05) is 38.1 Å². The summed E-state index contributed by atoms with van der Waals surface area (Å²) in [6.45, 7) is 4.21. The Morgan fingerprint density at radius 2 is 1.67 bits per heavy atom. The zero-order chi connectivity index (χ0) is 14.1. The van der Waals surface area contributed by atoms with Crippen LogP contribution in [0.2, 0.25) is 0 Å². The predicted molar refractivity (Wildman–Crippen MR) is 86.4 cm³/mol. The molecule has 0 saturated carbocycles. The quantitative estimate of drug-likeness (QED) is 0.755. The Bertz CT molecular complexity index is 721. The van der Waals surface area contributed by atoms with E-state index >= 15 is 0 Å². The van der Waals surface area contributed by atoms with Crippen molar-refractivity contribution in [1.82, 2.24) is 15.0 Å². The number of aromatic hydroxyl groups is 1. The molecule has 0 spiro atoms. The molecule has 0 bridgehead atoms. The Morgan fingerprint density at radius 1 is 1.05 bits per heavy atom. The van der Waals surface area contributed by atoms with Crippen LogP contribution < -0.4 is 0 Å². The standard InChI is InChI=1S/C16H17N3O.Na.H/c1-3-11(2)12-7-6-10-15(16(12)20)19-17-13-8-4-5-9-14(13)18-19;;/h4-11,20H,3H2,1-2H3;;. The summed E-state index contributed by atoms with van der Waals surface area (Å²) in [5.74, 6) is 0.571. The number of benzene rings is 2. The van der Waals surface area contributed by atoms with Gasteiger partial charge in [0.05, 0.1) is 0 Å². The first-order chi connectivity index (χ1) is 9.70. The van der Waals surface area contributed by atoms with Crippen molar-refractivity contribution in [1.29, 1.82) is 0 Å². The van der Waals surface area contributed by atoms with Crippen LogP contribution in [0, 0.1) is 0 Å². The SMILES string of the molecule is CCC(C)c1cccc(-n2nc3ccccc3n2)c1O.[NaH]. The molecule has 4 nitrogen and oxygen atoms in total. The second-order valence-electron chi connectivity index (χ2n) is 5.00. The van der Waals surface area contributed by atoms with Gasteiger partial charge in [0.25, 0.3) is 0 Å². The Kier molecular flexibility index (Phi) is 5.04. The number of phenols is 1. The third kappa shape index (κ3) is 2.98. The average Bonchev–Trinajstić information content (AvgIpc) is 2.90. The number of hydrogen-bond donors (Lipinski definition) is 1. The Morgan fingerprint density at radius 3 is 2.24 bits per heavy atom. The first-order valence-corrected chi connectivity index (χ1v) is 6.85. The van der Waals surface area contributed by atoms with Crippen LogP contribution in [0.4, 0.5) is 0 Å². The van der Waals surface area contributed by atoms with Crippen LogP contribution in [0.1, 0.15) is 31.7 Å². The van der Waals surface area contributed by atoms with Crippen LogP contribution in [0.25, 0.3) is 16.7 Å². The maximum absolute atomic E-state index is 10.5. The number of rotatable bonds is 3. The molecule has 1 heterocycles. The van der Waals surface area contributed by atoms with Crippen molar-refractivity contribution >= 4 is 40.6 Å². The van der Waals surface area contributed by atoms with Crippen molar-refractivity contribution in [3.8, 4) is 11.4 Å². The van der Waals surface area contributed by atoms with E-state index in [1.807, 2.05) is 42.5 Å². The fourth-order valence-corrected chi connectivity index (χ4v) is 2.30. The van der Waals surface area contributed by atoms with Gasteiger partial charge in [0.15, 0.2) is 0 Å². The number of phenolic OH excluding ortho intramolecular Hbond substituents is 1. The molecule has 0 radical (unpaired) electrons. The number of fused-ring (bicyclic) bond motifs is 1. The van der Waals surface area contributed by atoms with E-state index in [1.165, 1.54) is 4.80 Å².